The Labute approximate surface area is 140 Å². The molecule has 23 heavy (non-hydrogen) atoms. The summed E-state index contributed by atoms with van der Waals surface area (Å²) < 4.78 is 1.70. The number of carbonyl (C=O) groups is 2. The second kappa shape index (κ2) is 6.96. The fourth-order valence-electron chi connectivity index (χ4n) is 2.57. The second-order valence-electron chi connectivity index (χ2n) is 5.58. The molecule has 1 amide bonds. The van der Waals surface area contributed by atoms with E-state index in [-0.39, 0.29) is 18.1 Å². The zero-order chi connectivity index (χ0) is 17.1. The average Bonchev–Trinajstić information content (AvgIpc) is 2.75. The molecule has 0 bridgehead atoms. The van der Waals surface area contributed by atoms with Gasteiger partial charge in [0.15, 0.2) is 5.78 Å². The number of carbonyl (C=O) groups excluding carboxylic acids is 2. The zero-order valence-corrected chi connectivity index (χ0v) is 14.5. The van der Waals surface area contributed by atoms with Gasteiger partial charge >= 0.3 is 0 Å². The van der Waals surface area contributed by atoms with Crippen molar-refractivity contribution in [2.24, 2.45) is 0 Å². The summed E-state index contributed by atoms with van der Waals surface area (Å²) in [6.07, 6.45) is 0.269. The van der Waals surface area contributed by atoms with Crippen LogP contribution in [0.2, 0.25) is 5.02 Å². The van der Waals surface area contributed by atoms with Crippen LogP contribution >= 0.6 is 11.6 Å². The topological polar surface area (TPSA) is 64.0 Å². The smallest absolute Gasteiger partial charge is 0.226 e. The number of aryl methyl sites for hydroxylation is 3. The van der Waals surface area contributed by atoms with Crippen molar-refractivity contribution in [3.63, 3.8) is 0 Å². The van der Waals surface area contributed by atoms with Gasteiger partial charge in [-0.25, -0.2) is 0 Å². The number of rotatable bonds is 5. The minimum Gasteiger partial charge on any atom is -0.326 e. The lowest BCUT2D eigenvalue weighted by molar-refractivity contribution is -0.116. The molecule has 0 fully saturated rings. The summed E-state index contributed by atoms with van der Waals surface area (Å²) >= 11 is 5.95. The van der Waals surface area contributed by atoms with Crippen LogP contribution in [-0.2, 0) is 11.3 Å². The van der Waals surface area contributed by atoms with Crippen molar-refractivity contribution in [3.8, 4) is 0 Å². The van der Waals surface area contributed by atoms with E-state index < -0.39 is 0 Å². The highest BCUT2D eigenvalue weighted by atomic mass is 35.5. The Kier molecular flexibility index (Phi) is 5.21. The first-order chi connectivity index (χ1) is 10.8. The van der Waals surface area contributed by atoms with E-state index in [0.29, 0.717) is 28.5 Å². The molecule has 0 aliphatic rings. The predicted octanol–water partition coefficient (Wildman–Crippen LogP) is 3.69. The van der Waals surface area contributed by atoms with Gasteiger partial charge in [-0.1, -0.05) is 17.7 Å². The number of nitrogens with zero attached hydrogens (tertiary/aromatic N) is 2. The fraction of sp³-hybridized carbons (Fsp3) is 0.353. The molecule has 0 spiro atoms. The molecule has 122 valence electrons. The van der Waals surface area contributed by atoms with Crippen molar-refractivity contribution in [2.45, 2.75) is 40.7 Å². The van der Waals surface area contributed by atoms with Gasteiger partial charge in [-0.05, 0) is 45.4 Å². The van der Waals surface area contributed by atoms with Gasteiger partial charge in [-0.15, -0.1) is 0 Å². The number of benzene rings is 1. The standard InChI is InChI=1S/C17H20ClN3O2/c1-10-5-6-14(18)9-15(10)19-16(23)7-8-21-12(3)17(13(4)22)11(2)20-21/h5-6,9H,7-8H2,1-4H3,(H,19,23). The number of nitrogens with one attached hydrogen (secondary N) is 1. The fourth-order valence-corrected chi connectivity index (χ4v) is 2.75. The molecule has 5 nitrogen and oxygen atoms in total. The number of hydrogen-bond donors (Lipinski definition) is 1. The van der Waals surface area contributed by atoms with E-state index in [1.807, 2.05) is 19.9 Å². The number of hydrogen-bond acceptors (Lipinski definition) is 3. The summed E-state index contributed by atoms with van der Waals surface area (Å²) in [5.41, 5.74) is 3.78. The van der Waals surface area contributed by atoms with E-state index in [2.05, 4.69) is 10.4 Å². The molecule has 0 unspecified atom stereocenters. The average molecular weight is 334 g/mol. The molecule has 1 heterocycles. The molecular formula is C17H20ClN3O2. The molecule has 0 radical (unpaired) electrons. The Morgan fingerprint density at radius 2 is 1.96 bits per heavy atom. The molecule has 0 aliphatic heterocycles. The van der Waals surface area contributed by atoms with Crippen LogP contribution in [0.25, 0.3) is 0 Å². The molecule has 1 aromatic carbocycles. The van der Waals surface area contributed by atoms with Crippen molar-refractivity contribution >= 4 is 29.0 Å². The third kappa shape index (κ3) is 3.99. The summed E-state index contributed by atoms with van der Waals surface area (Å²) in [6, 6.07) is 5.37. The van der Waals surface area contributed by atoms with Crippen LogP contribution in [0.3, 0.4) is 0 Å². The van der Waals surface area contributed by atoms with Gasteiger partial charge in [0, 0.05) is 29.4 Å². The summed E-state index contributed by atoms with van der Waals surface area (Å²) in [5, 5.41) is 7.77. The highest BCUT2D eigenvalue weighted by Crippen LogP contribution is 2.20. The Morgan fingerprint density at radius 3 is 2.57 bits per heavy atom. The molecule has 0 aliphatic carbocycles. The monoisotopic (exact) mass is 333 g/mol. The Morgan fingerprint density at radius 1 is 1.26 bits per heavy atom. The van der Waals surface area contributed by atoms with Crippen LogP contribution in [0.4, 0.5) is 5.69 Å². The lowest BCUT2D eigenvalue weighted by Crippen LogP contribution is -2.16. The second-order valence-corrected chi connectivity index (χ2v) is 6.02. The van der Waals surface area contributed by atoms with E-state index in [0.717, 1.165) is 11.3 Å². The number of aromatic nitrogens is 2. The lowest BCUT2D eigenvalue weighted by atomic mass is 10.1. The van der Waals surface area contributed by atoms with Crippen LogP contribution in [0.1, 0.15) is 40.7 Å². The minimum absolute atomic E-state index is 0.00902. The normalized spacial score (nSPS) is 10.7. The molecule has 2 rings (SSSR count). The highest BCUT2D eigenvalue weighted by molar-refractivity contribution is 6.31. The van der Waals surface area contributed by atoms with E-state index >= 15 is 0 Å². The third-order valence-corrected chi connectivity index (χ3v) is 3.99. The number of anilines is 1. The van der Waals surface area contributed by atoms with E-state index in [1.54, 1.807) is 23.7 Å². The van der Waals surface area contributed by atoms with Gasteiger partial charge in [-0.2, -0.15) is 5.10 Å². The molecule has 6 heteroatoms. The van der Waals surface area contributed by atoms with E-state index in [1.165, 1.54) is 6.92 Å². The maximum Gasteiger partial charge on any atom is 0.226 e. The molecule has 0 saturated heterocycles. The first kappa shape index (κ1) is 17.2. The summed E-state index contributed by atoms with van der Waals surface area (Å²) in [4.78, 5) is 23.7. The number of amides is 1. The van der Waals surface area contributed by atoms with Gasteiger partial charge in [0.05, 0.1) is 11.3 Å². The zero-order valence-electron chi connectivity index (χ0n) is 13.7. The first-order valence-corrected chi connectivity index (χ1v) is 7.78. The third-order valence-electron chi connectivity index (χ3n) is 3.76. The predicted molar refractivity (Wildman–Crippen MR) is 91.1 cm³/mol. The van der Waals surface area contributed by atoms with Gasteiger partial charge in [0.25, 0.3) is 0 Å². The van der Waals surface area contributed by atoms with Gasteiger partial charge in [0.1, 0.15) is 0 Å². The van der Waals surface area contributed by atoms with Crippen molar-refractivity contribution in [1.29, 1.82) is 0 Å². The molecule has 0 atom stereocenters. The largest absolute Gasteiger partial charge is 0.326 e. The summed E-state index contributed by atoms with van der Waals surface area (Å²) in [7, 11) is 0. The Bertz CT molecular complexity index is 765. The number of Topliss-reactive ketones (excluding diaryl/α,β-unsaturated/α-hetero) is 1. The van der Waals surface area contributed by atoms with Gasteiger partial charge in [0.2, 0.25) is 5.91 Å². The molecule has 1 N–H and O–H groups in total. The van der Waals surface area contributed by atoms with Crippen LogP contribution in [0.15, 0.2) is 18.2 Å². The number of halogens is 1. The molecule has 1 aromatic heterocycles. The van der Waals surface area contributed by atoms with Crippen molar-refractivity contribution in [2.75, 3.05) is 5.32 Å². The van der Waals surface area contributed by atoms with Crippen molar-refractivity contribution in [3.05, 3.63) is 45.7 Å². The van der Waals surface area contributed by atoms with Gasteiger partial charge < -0.3 is 5.32 Å². The van der Waals surface area contributed by atoms with E-state index in [9.17, 15) is 9.59 Å². The molecule has 2 aromatic rings. The quantitative estimate of drug-likeness (QED) is 0.849. The van der Waals surface area contributed by atoms with E-state index in [4.69, 9.17) is 11.6 Å². The van der Waals surface area contributed by atoms with Crippen LogP contribution in [-0.4, -0.2) is 21.5 Å². The first-order valence-electron chi connectivity index (χ1n) is 7.40. The highest BCUT2D eigenvalue weighted by Gasteiger charge is 2.15. The van der Waals surface area contributed by atoms with Gasteiger partial charge in [-0.3, -0.25) is 14.3 Å². The Balaban J connectivity index is 2.04. The van der Waals surface area contributed by atoms with Crippen LogP contribution in [0, 0.1) is 20.8 Å². The lowest BCUT2D eigenvalue weighted by Gasteiger charge is -2.09. The van der Waals surface area contributed by atoms with Crippen LogP contribution in [0.5, 0.6) is 0 Å². The maximum atomic E-state index is 12.1. The number of ketones is 1. The molecular weight excluding hydrogens is 314 g/mol. The summed E-state index contributed by atoms with van der Waals surface area (Å²) in [6.45, 7) is 7.50. The Hall–Kier alpha value is -2.14. The van der Waals surface area contributed by atoms with Crippen molar-refractivity contribution < 1.29 is 9.59 Å². The minimum atomic E-state index is -0.118. The van der Waals surface area contributed by atoms with Crippen LogP contribution < -0.4 is 5.32 Å². The summed E-state index contributed by atoms with van der Waals surface area (Å²) in [5.74, 6) is -0.127. The molecule has 0 saturated carbocycles. The SMILES string of the molecule is CC(=O)c1c(C)nn(CCC(=O)Nc2cc(Cl)ccc2C)c1C. The van der Waals surface area contributed by atoms with Crippen molar-refractivity contribution in [1.82, 2.24) is 9.78 Å². The maximum absolute atomic E-state index is 12.1.